The summed E-state index contributed by atoms with van der Waals surface area (Å²) in [5.41, 5.74) is 3.69. The molecule has 2 unspecified atom stereocenters. The summed E-state index contributed by atoms with van der Waals surface area (Å²) >= 11 is 3.56. The zero-order valence-electron chi connectivity index (χ0n) is 11.6. The Hall–Kier alpha value is -1.52. The molecule has 0 saturated heterocycles. The van der Waals surface area contributed by atoms with Gasteiger partial charge in [0.2, 0.25) is 0 Å². The van der Waals surface area contributed by atoms with Crippen LogP contribution in [0.5, 0.6) is 0 Å². The monoisotopic (exact) mass is 310 g/mol. The lowest BCUT2D eigenvalue weighted by Gasteiger charge is -2.03. The quantitative estimate of drug-likeness (QED) is 0.824. The molecule has 0 bridgehead atoms. The summed E-state index contributed by atoms with van der Waals surface area (Å²) < 4.78 is 0. The molecule has 0 aliphatic carbocycles. The van der Waals surface area contributed by atoms with Gasteiger partial charge in [-0.05, 0) is 13.0 Å². The van der Waals surface area contributed by atoms with Gasteiger partial charge < -0.3 is 0 Å². The topological polar surface area (TPSA) is 24.7 Å². The molecule has 2 aliphatic heterocycles. The Morgan fingerprint density at radius 3 is 2.05 bits per heavy atom. The number of benzene rings is 2. The Morgan fingerprint density at radius 1 is 0.762 bits per heavy atom. The van der Waals surface area contributed by atoms with Crippen LogP contribution in [0.25, 0.3) is 0 Å². The predicted molar refractivity (Wildman–Crippen MR) is 93.5 cm³/mol. The van der Waals surface area contributed by atoms with Crippen molar-refractivity contribution in [2.75, 3.05) is 0 Å². The molecule has 4 heteroatoms. The zero-order valence-corrected chi connectivity index (χ0v) is 13.2. The van der Waals surface area contributed by atoms with E-state index in [2.05, 4.69) is 55.5 Å². The number of hydrogen-bond acceptors (Lipinski definition) is 4. The Morgan fingerprint density at radius 2 is 1.38 bits per heavy atom. The van der Waals surface area contributed by atoms with Crippen molar-refractivity contribution in [3.05, 3.63) is 71.3 Å². The standard InChI is InChI=1S/C17H14N2S2/c1-11-6-5-9-13(10-11)15-19-17-16(21-15)18-14(20-17)12-7-3-2-4-8-12/h2-10,16-17H,1H3. The van der Waals surface area contributed by atoms with Crippen LogP contribution in [0.1, 0.15) is 16.7 Å². The molecule has 0 amide bonds. The molecule has 0 saturated carbocycles. The average Bonchev–Trinajstić information content (AvgIpc) is 3.07. The van der Waals surface area contributed by atoms with Crippen LogP contribution < -0.4 is 0 Å². The van der Waals surface area contributed by atoms with Gasteiger partial charge in [0.05, 0.1) is 0 Å². The summed E-state index contributed by atoms with van der Waals surface area (Å²) in [6.07, 6.45) is 0. The fraction of sp³-hybridized carbons (Fsp3) is 0.176. The fourth-order valence-electron chi connectivity index (χ4n) is 2.46. The van der Waals surface area contributed by atoms with E-state index < -0.39 is 0 Å². The third-order valence-corrected chi connectivity index (χ3v) is 5.99. The molecule has 0 aromatic heterocycles. The van der Waals surface area contributed by atoms with Crippen LogP contribution in [0.15, 0.2) is 64.6 Å². The third-order valence-electron chi connectivity index (χ3n) is 3.48. The van der Waals surface area contributed by atoms with Crippen molar-refractivity contribution >= 4 is 33.6 Å². The van der Waals surface area contributed by atoms with Gasteiger partial charge in [-0.15, -0.1) is 0 Å². The van der Waals surface area contributed by atoms with E-state index in [1.54, 1.807) is 23.5 Å². The molecular formula is C17H14N2S2. The van der Waals surface area contributed by atoms with E-state index in [1.807, 2.05) is 6.07 Å². The SMILES string of the molecule is Cc1cccc(C2=NC3SC(c4ccccc4)=NC3S2)c1. The first-order valence-corrected chi connectivity index (χ1v) is 8.67. The highest BCUT2D eigenvalue weighted by molar-refractivity contribution is 8.20. The molecule has 104 valence electrons. The van der Waals surface area contributed by atoms with Gasteiger partial charge in [0.1, 0.15) is 20.8 Å². The van der Waals surface area contributed by atoms with Crippen LogP contribution in [0.4, 0.5) is 0 Å². The van der Waals surface area contributed by atoms with E-state index in [0.29, 0.717) is 0 Å². The lowest BCUT2D eigenvalue weighted by molar-refractivity contribution is 0.898. The van der Waals surface area contributed by atoms with Gasteiger partial charge in [-0.1, -0.05) is 77.6 Å². The van der Waals surface area contributed by atoms with Crippen LogP contribution in [-0.4, -0.2) is 20.8 Å². The summed E-state index contributed by atoms with van der Waals surface area (Å²) in [6.45, 7) is 2.12. The van der Waals surface area contributed by atoms with E-state index in [0.717, 1.165) is 10.1 Å². The first-order chi connectivity index (χ1) is 10.3. The number of aliphatic imine (C=N–C) groups is 2. The predicted octanol–water partition coefficient (Wildman–Crippen LogP) is 4.33. The Bertz CT molecular complexity index is 737. The molecule has 2 aliphatic rings. The summed E-state index contributed by atoms with van der Waals surface area (Å²) in [7, 11) is 0. The van der Waals surface area contributed by atoms with E-state index in [9.17, 15) is 0 Å². The lowest BCUT2D eigenvalue weighted by Crippen LogP contribution is -2.03. The average molecular weight is 310 g/mol. The second-order valence-electron chi connectivity index (χ2n) is 5.12. The van der Waals surface area contributed by atoms with Gasteiger partial charge in [0.15, 0.2) is 0 Å². The number of fused-ring (bicyclic) bond motifs is 1. The van der Waals surface area contributed by atoms with Gasteiger partial charge in [-0.3, -0.25) is 9.98 Å². The van der Waals surface area contributed by atoms with Crippen molar-refractivity contribution in [1.82, 2.24) is 0 Å². The molecule has 0 radical (unpaired) electrons. The Balaban J connectivity index is 1.56. The number of rotatable bonds is 2. The van der Waals surface area contributed by atoms with Gasteiger partial charge >= 0.3 is 0 Å². The molecule has 2 aromatic carbocycles. The van der Waals surface area contributed by atoms with Crippen LogP contribution in [-0.2, 0) is 0 Å². The summed E-state index contributed by atoms with van der Waals surface area (Å²) in [6, 6.07) is 18.9. The second-order valence-corrected chi connectivity index (χ2v) is 7.33. The van der Waals surface area contributed by atoms with Crippen molar-refractivity contribution in [1.29, 1.82) is 0 Å². The minimum atomic E-state index is 0.223. The minimum Gasteiger partial charge on any atom is -0.260 e. The zero-order chi connectivity index (χ0) is 14.2. The number of hydrogen-bond donors (Lipinski definition) is 0. The molecule has 2 nitrogen and oxygen atoms in total. The van der Waals surface area contributed by atoms with Gasteiger partial charge in [0, 0.05) is 11.1 Å². The van der Waals surface area contributed by atoms with Crippen molar-refractivity contribution in [2.24, 2.45) is 9.98 Å². The minimum absolute atomic E-state index is 0.223. The maximum absolute atomic E-state index is 4.87. The Labute approximate surface area is 132 Å². The Kier molecular flexibility index (Phi) is 3.36. The fourth-order valence-corrected chi connectivity index (χ4v) is 4.94. The molecule has 0 fully saturated rings. The first-order valence-electron chi connectivity index (χ1n) is 6.91. The van der Waals surface area contributed by atoms with Gasteiger partial charge in [0.25, 0.3) is 0 Å². The van der Waals surface area contributed by atoms with Crippen LogP contribution >= 0.6 is 23.5 Å². The molecule has 0 N–H and O–H groups in total. The molecule has 2 atom stereocenters. The molecule has 0 spiro atoms. The lowest BCUT2D eigenvalue weighted by atomic mass is 10.1. The van der Waals surface area contributed by atoms with Crippen LogP contribution in [0.3, 0.4) is 0 Å². The largest absolute Gasteiger partial charge is 0.260 e. The maximum Gasteiger partial charge on any atom is 0.134 e. The van der Waals surface area contributed by atoms with Gasteiger partial charge in [-0.2, -0.15) is 0 Å². The molecular weight excluding hydrogens is 296 g/mol. The second kappa shape index (κ2) is 5.35. The van der Waals surface area contributed by atoms with E-state index in [4.69, 9.17) is 9.98 Å². The van der Waals surface area contributed by atoms with Crippen LogP contribution in [0.2, 0.25) is 0 Å². The highest BCUT2D eigenvalue weighted by Crippen LogP contribution is 2.43. The molecule has 21 heavy (non-hydrogen) atoms. The maximum atomic E-state index is 4.87. The van der Waals surface area contributed by atoms with E-state index in [-0.39, 0.29) is 10.7 Å². The molecule has 2 heterocycles. The smallest absolute Gasteiger partial charge is 0.134 e. The van der Waals surface area contributed by atoms with E-state index >= 15 is 0 Å². The molecule has 2 aromatic rings. The van der Waals surface area contributed by atoms with Crippen LogP contribution in [0, 0.1) is 6.92 Å². The number of aryl methyl sites for hydroxylation is 1. The number of thioether (sulfide) groups is 2. The summed E-state index contributed by atoms with van der Waals surface area (Å²) in [5.74, 6) is 0. The highest BCUT2D eigenvalue weighted by Gasteiger charge is 2.37. The first kappa shape index (κ1) is 13.2. The summed E-state index contributed by atoms with van der Waals surface area (Å²) in [4.78, 5) is 9.71. The summed E-state index contributed by atoms with van der Waals surface area (Å²) in [5, 5.41) is 2.68. The van der Waals surface area contributed by atoms with Crippen molar-refractivity contribution in [2.45, 2.75) is 17.7 Å². The van der Waals surface area contributed by atoms with Crippen molar-refractivity contribution in [3.8, 4) is 0 Å². The third kappa shape index (κ3) is 2.54. The number of nitrogens with zero attached hydrogens (tertiary/aromatic N) is 2. The van der Waals surface area contributed by atoms with E-state index in [1.165, 1.54) is 16.7 Å². The normalized spacial score (nSPS) is 23.7. The van der Waals surface area contributed by atoms with Crippen molar-refractivity contribution in [3.63, 3.8) is 0 Å². The molecule has 4 rings (SSSR count). The highest BCUT2D eigenvalue weighted by atomic mass is 32.2. The van der Waals surface area contributed by atoms with Gasteiger partial charge in [-0.25, -0.2) is 0 Å². The van der Waals surface area contributed by atoms with Crippen molar-refractivity contribution < 1.29 is 0 Å².